The molecule has 0 fully saturated rings. The van der Waals surface area contributed by atoms with Gasteiger partial charge in [0.1, 0.15) is 11.6 Å². The normalized spacial score (nSPS) is 11.1. The summed E-state index contributed by atoms with van der Waals surface area (Å²) >= 11 is 0. The number of nitrogens with one attached hydrogen (secondary N) is 2. The molecule has 0 aromatic heterocycles. The number of para-hydroxylation sites is 1. The second kappa shape index (κ2) is 8.02. The lowest BCUT2D eigenvalue weighted by atomic mass is 10.0. The molecule has 0 saturated carbocycles. The van der Waals surface area contributed by atoms with E-state index in [1.165, 1.54) is 6.20 Å². The zero-order chi connectivity index (χ0) is 18.4. The molecule has 2 rings (SSSR count). The summed E-state index contributed by atoms with van der Waals surface area (Å²) in [4.78, 5) is 12.4. The molecule has 128 valence electrons. The quantitative estimate of drug-likeness (QED) is 0.435. The van der Waals surface area contributed by atoms with Crippen LogP contribution in [0.1, 0.15) is 30.9 Å². The van der Waals surface area contributed by atoms with Gasteiger partial charge in [0.15, 0.2) is 0 Å². The second-order valence-corrected chi connectivity index (χ2v) is 6.10. The van der Waals surface area contributed by atoms with E-state index in [1.807, 2.05) is 69.3 Å². The van der Waals surface area contributed by atoms with E-state index in [2.05, 4.69) is 10.6 Å². The minimum Gasteiger partial charge on any atom is -0.397 e. The number of nitrogens with two attached hydrogens (primary N) is 1. The Morgan fingerprint density at radius 3 is 2.56 bits per heavy atom. The van der Waals surface area contributed by atoms with Crippen LogP contribution in [-0.4, -0.2) is 5.91 Å². The van der Waals surface area contributed by atoms with E-state index in [9.17, 15) is 10.1 Å². The van der Waals surface area contributed by atoms with Crippen molar-refractivity contribution in [2.24, 2.45) is 0 Å². The highest BCUT2D eigenvalue weighted by Crippen LogP contribution is 2.24. The number of rotatable bonds is 5. The van der Waals surface area contributed by atoms with Crippen molar-refractivity contribution < 1.29 is 4.79 Å². The fourth-order valence-corrected chi connectivity index (χ4v) is 2.42. The van der Waals surface area contributed by atoms with Gasteiger partial charge < -0.3 is 16.4 Å². The van der Waals surface area contributed by atoms with Crippen molar-refractivity contribution >= 4 is 23.0 Å². The molecule has 2 aromatic carbocycles. The van der Waals surface area contributed by atoms with E-state index in [0.29, 0.717) is 17.1 Å². The third kappa shape index (κ3) is 4.61. The van der Waals surface area contributed by atoms with Gasteiger partial charge in [0, 0.05) is 11.9 Å². The number of carbonyl (C=O) groups is 1. The van der Waals surface area contributed by atoms with Crippen LogP contribution in [0.4, 0.5) is 17.1 Å². The highest BCUT2D eigenvalue weighted by atomic mass is 16.1. The van der Waals surface area contributed by atoms with E-state index in [1.54, 1.807) is 0 Å². The molecule has 0 aliphatic heterocycles. The molecule has 5 heteroatoms. The van der Waals surface area contributed by atoms with Crippen molar-refractivity contribution in [1.82, 2.24) is 0 Å². The first-order valence-electron chi connectivity index (χ1n) is 8.05. The maximum atomic E-state index is 12.4. The first-order valence-corrected chi connectivity index (χ1v) is 8.05. The first kappa shape index (κ1) is 18.1. The monoisotopic (exact) mass is 334 g/mol. The minimum atomic E-state index is -0.464. The average Bonchev–Trinajstić information content (AvgIpc) is 2.57. The van der Waals surface area contributed by atoms with Crippen molar-refractivity contribution in [3.63, 3.8) is 0 Å². The van der Waals surface area contributed by atoms with Gasteiger partial charge in [-0.15, -0.1) is 0 Å². The van der Waals surface area contributed by atoms with Gasteiger partial charge in [-0.3, -0.25) is 4.79 Å². The van der Waals surface area contributed by atoms with Gasteiger partial charge in [-0.1, -0.05) is 38.1 Å². The molecule has 0 spiro atoms. The molecular formula is C20H22N4O. The SMILES string of the molecule is Cc1ccc(N/C=C(/C#N)C(=O)Nc2ccccc2C(C)C)c(N)c1. The number of nitriles is 1. The molecule has 25 heavy (non-hydrogen) atoms. The number of nitrogens with zero attached hydrogens (tertiary/aromatic N) is 1. The molecule has 0 bridgehead atoms. The smallest absolute Gasteiger partial charge is 0.267 e. The van der Waals surface area contributed by atoms with Crippen molar-refractivity contribution in [3.05, 3.63) is 65.4 Å². The van der Waals surface area contributed by atoms with Crippen LogP contribution in [0.2, 0.25) is 0 Å². The molecule has 0 atom stereocenters. The van der Waals surface area contributed by atoms with Crippen LogP contribution in [0.5, 0.6) is 0 Å². The molecule has 0 saturated heterocycles. The van der Waals surface area contributed by atoms with Crippen LogP contribution in [0, 0.1) is 18.3 Å². The van der Waals surface area contributed by atoms with Gasteiger partial charge in [0.2, 0.25) is 0 Å². The lowest BCUT2D eigenvalue weighted by Gasteiger charge is -2.13. The van der Waals surface area contributed by atoms with Crippen LogP contribution in [0.15, 0.2) is 54.2 Å². The molecule has 1 amide bonds. The van der Waals surface area contributed by atoms with Gasteiger partial charge in [-0.05, 0) is 42.2 Å². The molecule has 0 radical (unpaired) electrons. The Balaban J connectivity index is 2.17. The van der Waals surface area contributed by atoms with Crippen molar-refractivity contribution in [2.45, 2.75) is 26.7 Å². The molecule has 0 aliphatic rings. The number of amides is 1. The number of aryl methyl sites for hydroxylation is 1. The lowest BCUT2D eigenvalue weighted by Crippen LogP contribution is -2.16. The number of hydrogen-bond donors (Lipinski definition) is 3. The summed E-state index contributed by atoms with van der Waals surface area (Å²) < 4.78 is 0. The van der Waals surface area contributed by atoms with Crippen LogP contribution in [-0.2, 0) is 4.79 Å². The highest BCUT2D eigenvalue weighted by Gasteiger charge is 2.13. The van der Waals surface area contributed by atoms with Gasteiger partial charge in [-0.25, -0.2) is 0 Å². The molecule has 0 unspecified atom stereocenters. The zero-order valence-corrected chi connectivity index (χ0v) is 14.6. The van der Waals surface area contributed by atoms with Gasteiger partial charge in [0.25, 0.3) is 5.91 Å². The number of benzene rings is 2. The third-order valence-electron chi connectivity index (χ3n) is 3.78. The number of hydrogen-bond acceptors (Lipinski definition) is 4. The molecule has 4 N–H and O–H groups in total. The van der Waals surface area contributed by atoms with E-state index >= 15 is 0 Å². The van der Waals surface area contributed by atoms with Crippen LogP contribution < -0.4 is 16.4 Å². The molecular weight excluding hydrogens is 312 g/mol. The van der Waals surface area contributed by atoms with Gasteiger partial charge >= 0.3 is 0 Å². The van der Waals surface area contributed by atoms with Crippen LogP contribution in [0.3, 0.4) is 0 Å². The summed E-state index contributed by atoms with van der Waals surface area (Å²) in [5, 5.41) is 15.0. The van der Waals surface area contributed by atoms with Crippen molar-refractivity contribution in [2.75, 3.05) is 16.4 Å². The highest BCUT2D eigenvalue weighted by molar-refractivity contribution is 6.07. The molecule has 5 nitrogen and oxygen atoms in total. The minimum absolute atomic E-state index is 0.0291. The van der Waals surface area contributed by atoms with E-state index < -0.39 is 5.91 Å². The molecule has 0 heterocycles. The predicted molar refractivity (Wildman–Crippen MR) is 102 cm³/mol. The Morgan fingerprint density at radius 2 is 1.92 bits per heavy atom. The maximum Gasteiger partial charge on any atom is 0.267 e. The second-order valence-electron chi connectivity index (χ2n) is 6.10. The van der Waals surface area contributed by atoms with E-state index in [0.717, 1.165) is 11.1 Å². The number of anilines is 3. The Kier molecular flexibility index (Phi) is 5.80. The predicted octanol–water partition coefficient (Wildman–Crippen LogP) is 4.16. The summed E-state index contributed by atoms with van der Waals surface area (Å²) in [5.74, 6) is -0.203. The summed E-state index contributed by atoms with van der Waals surface area (Å²) in [6.07, 6.45) is 1.37. The summed E-state index contributed by atoms with van der Waals surface area (Å²) in [7, 11) is 0. The topological polar surface area (TPSA) is 90.9 Å². The fourth-order valence-electron chi connectivity index (χ4n) is 2.42. The molecule has 0 aliphatic carbocycles. The fraction of sp³-hybridized carbons (Fsp3) is 0.200. The Labute approximate surface area is 148 Å². The van der Waals surface area contributed by atoms with Crippen LogP contribution >= 0.6 is 0 Å². The van der Waals surface area contributed by atoms with Gasteiger partial charge in [-0.2, -0.15) is 5.26 Å². The summed E-state index contributed by atoms with van der Waals surface area (Å²) in [5.41, 5.74) is 9.86. The first-order chi connectivity index (χ1) is 11.9. The summed E-state index contributed by atoms with van der Waals surface area (Å²) in [6, 6.07) is 15.0. The lowest BCUT2D eigenvalue weighted by molar-refractivity contribution is -0.112. The molecule has 2 aromatic rings. The van der Waals surface area contributed by atoms with E-state index in [4.69, 9.17) is 5.73 Å². The Morgan fingerprint density at radius 1 is 1.20 bits per heavy atom. The number of carbonyl (C=O) groups excluding carboxylic acids is 1. The number of nitrogen functional groups attached to an aromatic ring is 1. The van der Waals surface area contributed by atoms with Crippen LogP contribution in [0.25, 0.3) is 0 Å². The van der Waals surface area contributed by atoms with E-state index in [-0.39, 0.29) is 11.5 Å². The Bertz CT molecular complexity index is 847. The maximum absolute atomic E-state index is 12.4. The third-order valence-corrected chi connectivity index (χ3v) is 3.78. The average molecular weight is 334 g/mol. The standard InChI is InChI=1S/C20H22N4O/c1-13(2)16-6-4-5-7-18(16)24-20(25)15(11-21)12-23-19-9-8-14(3)10-17(19)22/h4-10,12-13,23H,22H2,1-3H3,(H,24,25)/b15-12-. The van der Waals surface area contributed by atoms with Crippen molar-refractivity contribution in [1.29, 1.82) is 5.26 Å². The summed E-state index contributed by atoms with van der Waals surface area (Å²) in [6.45, 7) is 6.04. The van der Waals surface area contributed by atoms with Gasteiger partial charge in [0.05, 0.1) is 11.4 Å². The largest absolute Gasteiger partial charge is 0.397 e. The Hall–Kier alpha value is -3.26. The van der Waals surface area contributed by atoms with Crippen molar-refractivity contribution in [3.8, 4) is 6.07 Å². The zero-order valence-electron chi connectivity index (χ0n) is 14.6.